The Morgan fingerprint density at radius 2 is 2.28 bits per heavy atom. The van der Waals surface area contributed by atoms with Crippen molar-refractivity contribution in [1.82, 2.24) is 25.9 Å². The molecule has 2 N–H and O–H groups in total. The van der Waals surface area contributed by atoms with Crippen molar-refractivity contribution in [1.29, 1.82) is 0 Å². The highest BCUT2D eigenvalue weighted by molar-refractivity contribution is 6.30. The fourth-order valence-electron chi connectivity index (χ4n) is 3.51. The number of carbonyl (C=O) groups is 1. The minimum atomic E-state index is -0.761. The monoisotopic (exact) mass is 364 g/mol. The largest absolute Gasteiger partial charge is 0.351 e. The van der Waals surface area contributed by atoms with E-state index in [0.29, 0.717) is 35.9 Å². The van der Waals surface area contributed by atoms with Crippen LogP contribution in [0.5, 0.6) is 0 Å². The van der Waals surface area contributed by atoms with Gasteiger partial charge in [-0.05, 0) is 43.0 Å². The van der Waals surface area contributed by atoms with Crippen molar-refractivity contribution >= 4 is 23.5 Å². The van der Waals surface area contributed by atoms with Gasteiger partial charge in [-0.15, -0.1) is 5.10 Å². The van der Waals surface area contributed by atoms with E-state index in [1.807, 2.05) is 4.90 Å². The van der Waals surface area contributed by atoms with Gasteiger partial charge in [0.1, 0.15) is 5.82 Å². The Labute approximate surface area is 148 Å². The van der Waals surface area contributed by atoms with E-state index in [0.717, 1.165) is 19.4 Å². The van der Waals surface area contributed by atoms with E-state index in [1.54, 1.807) is 12.1 Å². The first-order valence-corrected chi connectivity index (χ1v) is 8.71. The van der Waals surface area contributed by atoms with E-state index >= 15 is 0 Å². The second-order valence-electron chi connectivity index (χ2n) is 6.68. The van der Waals surface area contributed by atoms with Crippen molar-refractivity contribution in [3.05, 3.63) is 34.6 Å². The highest BCUT2D eigenvalue weighted by Gasteiger charge is 2.53. The minimum absolute atomic E-state index is 0.0208. The molecule has 0 bridgehead atoms. The first-order valence-electron chi connectivity index (χ1n) is 8.33. The summed E-state index contributed by atoms with van der Waals surface area (Å²) in [5.41, 5.74) is -0.330. The molecule has 2 aliphatic rings. The van der Waals surface area contributed by atoms with Crippen LogP contribution in [0, 0.1) is 5.82 Å². The SMILES string of the molecule is O=C(N[C@@H]1CCCN(c2nn[nH]n2)C1)C1(c2ccc(Cl)cc2F)CC1. The standard InChI is InChI=1S/C16H18ClFN6O/c17-10-3-4-12(13(18)8-10)16(5-6-16)14(25)19-11-2-1-7-24(9-11)15-20-22-23-21-15/h3-4,8,11H,1-2,5-7,9H2,(H,19,25)(H,20,21,22,23)/t11-/m1/s1. The number of hydrogen-bond acceptors (Lipinski definition) is 5. The van der Waals surface area contributed by atoms with Crippen LogP contribution >= 0.6 is 11.6 Å². The molecule has 25 heavy (non-hydrogen) atoms. The third kappa shape index (κ3) is 3.06. The summed E-state index contributed by atoms with van der Waals surface area (Å²) in [5, 5.41) is 17.4. The van der Waals surface area contributed by atoms with Crippen LogP contribution in [0.15, 0.2) is 18.2 Å². The van der Waals surface area contributed by atoms with E-state index in [9.17, 15) is 9.18 Å². The maximum Gasteiger partial charge on any atom is 0.265 e. The number of benzene rings is 1. The molecule has 1 aromatic carbocycles. The summed E-state index contributed by atoms with van der Waals surface area (Å²) < 4.78 is 14.3. The predicted molar refractivity (Wildman–Crippen MR) is 89.9 cm³/mol. The van der Waals surface area contributed by atoms with Crippen LogP contribution in [-0.2, 0) is 10.2 Å². The van der Waals surface area contributed by atoms with Crippen molar-refractivity contribution in [3.8, 4) is 0 Å². The van der Waals surface area contributed by atoms with Crippen molar-refractivity contribution in [2.24, 2.45) is 0 Å². The molecule has 1 atom stereocenters. The molecule has 2 aromatic rings. The summed E-state index contributed by atoms with van der Waals surface area (Å²) in [6.07, 6.45) is 3.10. The van der Waals surface area contributed by atoms with Gasteiger partial charge in [0, 0.05) is 29.7 Å². The molecule has 1 saturated heterocycles. The van der Waals surface area contributed by atoms with Gasteiger partial charge in [-0.2, -0.15) is 5.21 Å². The summed E-state index contributed by atoms with van der Waals surface area (Å²) in [5.74, 6) is -0.00488. The van der Waals surface area contributed by atoms with Gasteiger partial charge in [-0.3, -0.25) is 4.79 Å². The summed E-state index contributed by atoms with van der Waals surface area (Å²) in [6, 6.07) is 4.50. The van der Waals surface area contributed by atoms with Gasteiger partial charge in [0.25, 0.3) is 5.95 Å². The average molecular weight is 365 g/mol. The average Bonchev–Trinajstić information content (AvgIpc) is 3.20. The third-order valence-electron chi connectivity index (χ3n) is 5.00. The smallest absolute Gasteiger partial charge is 0.265 e. The predicted octanol–water partition coefficient (Wildman–Crippen LogP) is 1.81. The number of aromatic amines is 1. The fourth-order valence-corrected chi connectivity index (χ4v) is 3.67. The van der Waals surface area contributed by atoms with Crippen LogP contribution in [0.4, 0.5) is 10.3 Å². The minimum Gasteiger partial charge on any atom is -0.351 e. The van der Waals surface area contributed by atoms with Gasteiger partial charge in [-0.1, -0.05) is 22.8 Å². The molecule has 0 radical (unpaired) electrons. The number of H-pyrrole nitrogens is 1. The lowest BCUT2D eigenvalue weighted by molar-refractivity contribution is -0.124. The van der Waals surface area contributed by atoms with E-state index in [2.05, 4.69) is 25.9 Å². The van der Waals surface area contributed by atoms with Crippen LogP contribution in [0.2, 0.25) is 5.02 Å². The Morgan fingerprint density at radius 3 is 2.96 bits per heavy atom. The number of halogens is 2. The number of nitrogens with zero attached hydrogens (tertiary/aromatic N) is 4. The lowest BCUT2D eigenvalue weighted by Gasteiger charge is -2.33. The second kappa shape index (κ2) is 6.25. The zero-order chi connectivity index (χ0) is 17.4. The molecule has 4 rings (SSSR count). The highest BCUT2D eigenvalue weighted by atomic mass is 35.5. The van der Waals surface area contributed by atoms with Crippen molar-refractivity contribution in [3.63, 3.8) is 0 Å². The van der Waals surface area contributed by atoms with Crippen LogP contribution in [0.25, 0.3) is 0 Å². The number of aromatic nitrogens is 4. The molecule has 2 heterocycles. The Morgan fingerprint density at radius 1 is 1.44 bits per heavy atom. The Bertz CT molecular complexity index is 779. The molecule has 7 nitrogen and oxygen atoms in total. The summed E-state index contributed by atoms with van der Waals surface area (Å²) >= 11 is 5.82. The second-order valence-corrected chi connectivity index (χ2v) is 7.11. The number of hydrogen-bond donors (Lipinski definition) is 2. The molecule has 1 saturated carbocycles. The van der Waals surface area contributed by atoms with Crippen LogP contribution < -0.4 is 10.2 Å². The normalized spacial score (nSPS) is 21.8. The summed E-state index contributed by atoms with van der Waals surface area (Å²) in [4.78, 5) is 14.8. The van der Waals surface area contributed by atoms with E-state index in [1.165, 1.54) is 6.07 Å². The van der Waals surface area contributed by atoms with Crippen molar-refractivity contribution in [2.45, 2.75) is 37.1 Å². The molecule has 132 valence electrons. The molecule has 1 aromatic heterocycles. The quantitative estimate of drug-likeness (QED) is 0.864. The molecule has 0 spiro atoms. The van der Waals surface area contributed by atoms with Gasteiger partial charge in [0.05, 0.1) is 5.41 Å². The van der Waals surface area contributed by atoms with Crippen molar-refractivity contribution < 1.29 is 9.18 Å². The Kier molecular flexibility index (Phi) is 4.07. The maximum absolute atomic E-state index is 14.3. The van der Waals surface area contributed by atoms with Gasteiger partial charge >= 0.3 is 0 Å². The zero-order valence-corrected chi connectivity index (χ0v) is 14.3. The van der Waals surface area contributed by atoms with Gasteiger partial charge in [0.15, 0.2) is 0 Å². The first-order chi connectivity index (χ1) is 12.1. The third-order valence-corrected chi connectivity index (χ3v) is 5.24. The number of piperidine rings is 1. The van der Waals surface area contributed by atoms with E-state index in [4.69, 9.17) is 11.6 Å². The molecule has 1 aliphatic heterocycles. The Balaban J connectivity index is 1.46. The van der Waals surface area contributed by atoms with Gasteiger partial charge in [0.2, 0.25) is 5.91 Å². The molecule has 1 amide bonds. The zero-order valence-electron chi connectivity index (χ0n) is 13.5. The maximum atomic E-state index is 14.3. The topological polar surface area (TPSA) is 86.8 Å². The molecular formula is C16H18ClFN6O. The first kappa shape index (κ1) is 16.3. The molecular weight excluding hydrogens is 347 g/mol. The van der Waals surface area contributed by atoms with Gasteiger partial charge in [-0.25, -0.2) is 4.39 Å². The lowest BCUT2D eigenvalue weighted by Crippen LogP contribution is -2.50. The molecule has 1 aliphatic carbocycles. The number of anilines is 1. The lowest BCUT2D eigenvalue weighted by atomic mass is 9.93. The summed E-state index contributed by atoms with van der Waals surface area (Å²) in [7, 11) is 0. The number of tetrazole rings is 1. The summed E-state index contributed by atoms with van der Waals surface area (Å²) in [6.45, 7) is 1.44. The van der Waals surface area contributed by atoms with Crippen molar-refractivity contribution in [2.75, 3.05) is 18.0 Å². The number of nitrogens with one attached hydrogen (secondary N) is 2. The van der Waals surface area contributed by atoms with E-state index < -0.39 is 11.2 Å². The van der Waals surface area contributed by atoms with E-state index in [-0.39, 0.29) is 11.9 Å². The number of amides is 1. The Hall–Kier alpha value is -2.22. The highest BCUT2D eigenvalue weighted by Crippen LogP contribution is 2.49. The van der Waals surface area contributed by atoms with Crippen LogP contribution in [0.1, 0.15) is 31.2 Å². The number of rotatable bonds is 4. The van der Waals surface area contributed by atoms with Crippen LogP contribution in [0.3, 0.4) is 0 Å². The number of carbonyl (C=O) groups excluding carboxylic acids is 1. The van der Waals surface area contributed by atoms with Gasteiger partial charge < -0.3 is 10.2 Å². The van der Waals surface area contributed by atoms with Crippen LogP contribution in [-0.4, -0.2) is 45.7 Å². The fraction of sp³-hybridized carbons (Fsp3) is 0.500. The molecule has 2 fully saturated rings. The molecule has 9 heteroatoms. The molecule has 0 unspecified atom stereocenters.